The second-order valence-corrected chi connectivity index (χ2v) is 3.56. The molecule has 0 aliphatic carbocycles. The smallest absolute Gasteiger partial charge is 0.253 e. The lowest BCUT2D eigenvalue weighted by atomic mass is 10.1. The van der Waals surface area contributed by atoms with Crippen molar-refractivity contribution in [3.05, 3.63) is 35.9 Å². The number of hydrogen-bond donors (Lipinski definition) is 2. The maximum Gasteiger partial charge on any atom is 0.253 e. The molecule has 0 unspecified atom stereocenters. The maximum absolute atomic E-state index is 11.8. The Labute approximate surface area is 95.1 Å². The number of nitrogens with one attached hydrogen (secondary N) is 1. The average molecular weight is 220 g/mol. The van der Waals surface area contributed by atoms with Gasteiger partial charge in [-0.3, -0.25) is 4.79 Å². The Balaban J connectivity index is 2.87. The summed E-state index contributed by atoms with van der Waals surface area (Å²) < 4.78 is 5.04. The van der Waals surface area contributed by atoms with Gasteiger partial charge in [0, 0.05) is 6.54 Å². The highest BCUT2D eigenvalue weighted by atomic mass is 16.5. The van der Waals surface area contributed by atoms with E-state index in [1.807, 2.05) is 6.92 Å². The molecule has 0 bridgehead atoms. The molecule has 0 aliphatic rings. The van der Waals surface area contributed by atoms with Crippen molar-refractivity contribution < 1.29 is 9.53 Å². The third kappa shape index (κ3) is 2.76. The number of nitrogens with two attached hydrogens (primary N) is 1. The number of methoxy groups -OCH3 is 1. The van der Waals surface area contributed by atoms with Crippen molar-refractivity contribution in [3.8, 4) is 5.75 Å². The molecule has 3 N–H and O–H groups in total. The Kier molecular flexibility index (Phi) is 3.94. The SMILES string of the molecule is C=C(C)CNC(=O)c1cccc(OC)c1N. The summed E-state index contributed by atoms with van der Waals surface area (Å²) in [6.07, 6.45) is 0. The van der Waals surface area contributed by atoms with E-state index >= 15 is 0 Å². The van der Waals surface area contributed by atoms with Crippen LogP contribution in [0.25, 0.3) is 0 Å². The van der Waals surface area contributed by atoms with Gasteiger partial charge < -0.3 is 15.8 Å². The number of carbonyl (C=O) groups is 1. The van der Waals surface area contributed by atoms with Crippen LogP contribution in [-0.2, 0) is 0 Å². The minimum absolute atomic E-state index is 0.223. The molecule has 1 aromatic carbocycles. The molecule has 0 atom stereocenters. The monoisotopic (exact) mass is 220 g/mol. The van der Waals surface area contributed by atoms with E-state index in [-0.39, 0.29) is 5.91 Å². The lowest BCUT2D eigenvalue weighted by molar-refractivity contribution is 0.0957. The third-order valence-corrected chi connectivity index (χ3v) is 2.08. The molecule has 0 spiro atoms. The van der Waals surface area contributed by atoms with E-state index in [4.69, 9.17) is 10.5 Å². The molecule has 4 nitrogen and oxygen atoms in total. The number of nitrogen functional groups attached to an aromatic ring is 1. The number of ether oxygens (including phenoxy) is 1. The first-order valence-corrected chi connectivity index (χ1v) is 4.91. The van der Waals surface area contributed by atoms with E-state index in [9.17, 15) is 4.79 Å². The van der Waals surface area contributed by atoms with Crippen LogP contribution in [0.1, 0.15) is 17.3 Å². The first-order chi connectivity index (χ1) is 7.56. The fourth-order valence-electron chi connectivity index (χ4n) is 1.25. The highest BCUT2D eigenvalue weighted by Crippen LogP contribution is 2.24. The molecule has 0 fully saturated rings. The zero-order valence-electron chi connectivity index (χ0n) is 9.54. The summed E-state index contributed by atoms with van der Waals surface area (Å²) in [5, 5.41) is 2.72. The van der Waals surface area contributed by atoms with E-state index in [0.29, 0.717) is 23.5 Å². The summed E-state index contributed by atoms with van der Waals surface area (Å²) >= 11 is 0. The fourth-order valence-corrected chi connectivity index (χ4v) is 1.25. The third-order valence-electron chi connectivity index (χ3n) is 2.08. The molecular formula is C12H16N2O2. The molecule has 0 aromatic heterocycles. The molecule has 0 radical (unpaired) electrons. The highest BCUT2D eigenvalue weighted by molar-refractivity contribution is 6.00. The van der Waals surface area contributed by atoms with E-state index in [1.165, 1.54) is 7.11 Å². The van der Waals surface area contributed by atoms with Crippen LogP contribution in [0.3, 0.4) is 0 Å². The fraction of sp³-hybridized carbons (Fsp3) is 0.250. The van der Waals surface area contributed by atoms with E-state index < -0.39 is 0 Å². The minimum atomic E-state index is -0.223. The molecule has 1 amide bonds. The molecule has 4 heteroatoms. The summed E-state index contributed by atoms with van der Waals surface area (Å²) in [7, 11) is 1.52. The van der Waals surface area contributed by atoms with E-state index in [0.717, 1.165) is 5.57 Å². The van der Waals surface area contributed by atoms with Gasteiger partial charge in [-0.25, -0.2) is 0 Å². The summed E-state index contributed by atoms with van der Waals surface area (Å²) in [4.78, 5) is 11.8. The van der Waals surface area contributed by atoms with Crippen LogP contribution in [-0.4, -0.2) is 19.6 Å². The van der Waals surface area contributed by atoms with Crippen molar-refractivity contribution in [2.24, 2.45) is 0 Å². The van der Waals surface area contributed by atoms with Crippen LogP contribution in [0, 0.1) is 0 Å². The van der Waals surface area contributed by atoms with Crippen LogP contribution in [0.15, 0.2) is 30.4 Å². The van der Waals surface area contributed by atoms with Crippen molar-refractivity contribution in [2.45, 2.75) is 6.92 Å². The molecule has 0 aliphatic heterocycles. The molecule has 0 saturated heterocycles. The Hall–Kier alpha value is -1.97. The van der Waals surface area contributed by atoms with Crippen molar-refractivity contribution >= 4 is 11.6 Å². The van der Waals surface area contributed by atoms with Gasteiger partial charge in [0.15, 0.2) is 0 Å². The predicted molar refractivity (Wildman–Crippen MR) is 64.6 cm³/mol. The number of amides is 1. The highest BCUT2D eigenvalue weighted by Gasteiger charge is 2.12. The number of para-hydroxylation sites is 1. The molecule has 1 rings (SSSR count). The summed E-state index contributed by atoms with van der Waals surface area (Å²) in [6.45, 7) is 5.99. The van der Waals surface area contributed by atoms with Gasteiger partial charge in [-0.2, -0.15) is 0 Å². The Morgan fingerprint density at radius 3 is 2.81 bits per heavy atom. The summed E-state index contributed by atoms with van der Waals surface area (Å²) in [5.74, 6) is 0.280. The Morgan fingerprint density at radius 1 is 1.56 bits per heavy atom. The normalized spacial score (nSPS) is 9.62. The van der Waals surface area contributed by atoms with E-state index in [1.54, 1.807) is 18.2 Å². The first kappa shape index (κ1) is 12.1. The largest absolute Gasteiger partial charge is 0.495 e. The van der Waals surface area contributed by atoms with Gasteiger partial charge in [-0.15, -0.1) is 0 Å². The molecule has 0 saturated carbocycles. The molecule has 0 heterocycles. The van der Waals surface area contributed by atoms with Crippen molar-refractivity contribution in [2.75, 3.05) is 19.4 Å². The maximum atomic E-state index is 11.8. The van der Waals surface area contributed by atoms with Crippen LogP contribution in [0.4, 0.5) is 5.69 Å². The lowest BCUT2D eigenvalue weighted by Crippen LogP contribution is -2.25. The molecule has 86 valence electrons. The van der Waals surface area contributed by atoms with Crippen LogP contribution in [0.2, 0.25) is 0 Å². The summed E-state index contributed by atoms with van der Waals surface area (Å²) in [6, 6.07) is 5.10. The number of anilines is 1. The lowest BCUT2D eigenvalue weighted by Gasteiger charge is -2.10. The average Bonchev–Trinajstić information content (AvgIpc) is 2.26. The zero-order chi connectivity index (χ0) is 12.1. The number of hydrogen-bond acceptors (Lipinski definition) is 3. The van der Waals surface area contributed by atoms with Gasteiger partial charge >= 0.3 is 0 Å². The topological polar surface area (TPSA) is 64.3 Å². The molecular weight excluding hydrogens is 204 g/mol. The van der Waals surface area contributed by atoms with Gasteiger partial charge in [0.2, 0.25) is 0 Å². The predicted octanol–water partition coefficient (Wildman–Crippen LogP) is 1.58. The number of rotatable bonds is 4. The Bertz CT molecular complexity index is 413. The van der Waals surface area contributed by atoms with Gasteiger partial charge in [-0.05, 0) is 19.1 Å². The van der Waals surface area contributed by atoms with Crippen LogP contribution in [0.5, 0.6) is 5.75 Å². The van der Waals surface area contributed by atoms with Gasteiger partial charge in [0.1, 0.15) is 5.75 Å². The number of benzene rings is 1. The van der Waals surface area contributed by atoms with Crippen molar-refractivity contribution in [1.82, 2.24) is 5.32 Å². The van der Waals surface area contributed by atoms with Gasteiger partial charge in [0.05, 0.1) is 18.4 Å². The minimum Gasteiger partial charge on any atom is -0.495 e. The van der Waals surface area contributed by atoms with Gasteiger partial charge in [0.25, 0.3) is 5.91 Å². The van der Waals surface area contributed by atoms with Crippen molar-refractivity contribution in [3.63, 3.8) is 0 Å². The second kappa shape index (κ2) is 5.21. The first-order valence-electron chi connectivity index (χ1n) is 4.91. The second-order valence-electron chi connectivity index (χ2n) is 3.56. The molecule has 16 heavy (non-hydrogen) atoms. The standard InChI is InChI=1S/C12H16N2O2/c1-8(2)7-14-12(15)9-5-4-6-10(16-3)11(9)13/h4-6H,1,7,13H2,2-3H3,(H,14,15). The van der Waals surface area contributed by atoms with Crippen molar-refractivity contribution in [1.29, 1.82) is 0 Å². The van der Waals surface area contributed by atoms with Gasteiger partial charge in [-0.1, -0.05) is 18.2 Å². The number of carbonyl (C=O) groups excluding carboxylic acids is 1. The zero-order valence-corrected chi connectivity index (χ0v) is 9.54. The van der Waals surface area contributed by atoms with Crippen LogP contribution < -0.4 is 15.8 Å². The Morgan fingerprint density at radius 2 is 2.25 bits per heavy atom. The van der Waals surface area contributed by atoms with Crippen LogP contribution >= 0.6 is 0 Å². The van der Waals surface area contributed by atoms with E-state index in [2.05, 4.69) is 11.9 Å². The quantitative estimate of drug-likeness (QED) is 0.598. The molecule has 1 aromatic rings. The summed E-state index contributed by atoms with van der Waals surface area (Å²) in [5.41, 5.74) is 7.45.